The highest BCUT2D eigenvalue weighted by Gasteiger charge is 2.41. The van der Waals surface area contributed by atoms with E-state index in [0.717, 1.165) is 10.7 Å². The SMILES string of the molecule is Cc1c(-c2c(C(N)=O)nc3cccc(F)c3c2C(N)=O)c(C(F)(F)F)nn1Cc1ccc(C#N)cc1. The zero-order chi connectivity index (χ0) is 26.4. The lowest BCUT2D eigenvalue weighted by molar-refractivity contribution is -0.141. The number of nitrogens with two attached hydrogens (primary N) is 2. The number of benzene rings is 2. The van der Waals surface area contributed by atoms with Crippen LogP contribution in [-0.2, 0) is 12.7 Å². The van der Waals surface area contributed by atoms with Gasteiger partial charge in [-0.3, -0.25) is 14.3 Å². The number of amides is 2. The molecule has 4 aromatic rings. The molecular formula is C24H16F4N6O2. The number of hydrogen-bond donors (Lipinski definition) is 2. The average molecular weight is 496 g/mol. The fraction of sp³-hybridized carbons (Fsp3) is 0.125. The Kier molecular flexibility index (Phi) is 5.93. The number of primary amides is 2. The molecule has 0 aliphatic rings. The third-order valence-electron chi connectivity index (χ3n) is 5.58. The summed E-state index contributed by atoms with van der Waals surface area (Å²) in [7, 11) is 0. The van der Waals surface area contributed by atoms with Gasteiger partial charge in [0.1, 0.15) is 11.5 Å². The van der Waals surface area contributed by atoms with Crippen LogP contribution in [0.5, 0.6) is 0 Å². The summed E-state index contributed by atoms with van der Waals surface area (Å²) in [6.07, 6.45) is -5.04. The van der Waals surface area contributed by atoms with Gasteiger partial charge in [0.15, 0.2) is 5.69 Å². The van der Waals surface area contributed by atoms with E-state index < -0.39 is 57.3 Å². The van der Waals surface area contributed by atoms with Crippen LogP contribution in [0.2, 0.25) is 0 Å². The topological polar surface area (TPSA) is 141 Å². The monoisotopic (exact) mass is 496 g/mol. The van der Waals surface area contributed by atoms with Crippen molar-refractivity contribution < 1.29 is 27.2 Å². The molecule has 0 radical (unpaired) electrons. The molecule has 4 N–H and O–H groups in total. The second kappa shape index (κ2) is 8.77. The predicted octanol–water partition coefficient (Wildman–Crippen LogP) is 3.68. The lowest BCUT2D eigenvalue weighted by Crippen LogP contribution is -2.22. The van der Waals surface area contributed by atoms with Gasteiger partial charge in [-0.25, -0.2) is 9.37 Å². The second-order valence-electron chi connectivity index (χ2n) is 7.85. The van der Waals surface area contributed by atoms with Gasteiger partial charge in [0.2, 0.25) is 5.91 Å². The maximum atomic E-state index is 14.8. The van der Waals surface area contributed by atoms with Crippen molar-refractivity contribution in [2.75, 3.05) is 0 Å². The molecule has 0 unspecified atom stereocenters. The maximum absolute atomic E-state index is 14.8. The number of pyridine rings is 1. The van der Waals surface area contributed by atoms with Crippen molar-refractivity contribution >= 4 is 22.7 Å². The van der Waals surface area contributed by atoms with E-state index in [1.807, 2.05) is 6.07 Å². The average Bonchev–Trinajstić information content (AvgIpc) is 3.14. The summed E-state index contributed by atoms with van der Waals surface area (Å²) >= 11 is 0. The minimum atomic E-state index is -5.04. The fourth-order valence-corrected chi connectivity index (χ4v) is 4.00. The van der Waals surface area contributed by atoms with Gasteiger partial charge in [-0.2, -0.15) is 23.5 Å². The van der Waals surface area contributed by atoms with Crippen molar-refractivity contribution in [2.24, 2.45) is 11.5 Å². The van der Waals surface area contributed by atoms with Crippen molar-refractivity contribution in [1.29, 1.82) is 5.26 Å². The second-order valence-corrected chi connectivity index (χ2v) is 7.85. The van der Waals surface area contributed by atoms with Gasteiger partial charge in [-0.15, -0.1) is 0 Å². The summed E-state index contributed by atoms with van der Waals surface area (Å²) < 4.78 is 58.4. The number of alkyl halides is 3. The van der Waals surface area contributed by atoms with E-state index >= 15 is 0 Å². The van der Waals surface area contributed by atoms with Gasteiger partial charge in [0, 0.05) is 22.2 Å². The van der Waals surface area contributed by atoms with Crippen LogP contribution in [-0.4, -0.2) is 26.6 Å². The Morgan fingerprint density at radius 2 is 1.72 bits per heavy atom. The van der Waals surface area contributed by atoms with E-state index in [9.17, 15) is 27.2 Å². The van der Waals surface area contributed by atoms with Crippen molar-refractivity contribution in [3.63, 3.8) is 0 Å². The molecule has 2 aromatic heterocycles. The summed E-state index contributed by atoms with van der Waals surface area (Å²) in [5.41, 5.74) is 7.42. The lowest BCUT2D eigenvalue weighted by Gasteiger charge is -2.16. The first-order valence-corrected chi connectivity index (χ1v) is 10.3. The third-order valence-corrected chi connectivity index (χ3v) is 5.58. The number of nitriles is 1. The molecule has 36 heavy (non-hydrogen) atoms. The quantitative estimate of drug-likeness (QED) is 0.406. The molecule has 0 bridgehead atoms. The number of rotatable bonds is 5. The molecule has 0 aliphatic heterocycles. The molecule has 8 nitrogen and oxygen atoms in total. The molecule has 2 amide bonds. The summed E-state index contributed by atoms with van der Waals surface area (Å²) in [5.74, 6) is -3.49. The molecule has 0 fully saturated rings. The number of fused-ring (bicyclic) bond motifs is 1. The highest BCUT2D eigenvalue weighted by atomic mass is 19.4. The first kappa shape index (κ1) is 24.3. The molecule has 0 spiro atoms. The van der Waals surface area contributed by atoms with Crippen LogP contribution in [0.3, 0.4) is 0 Å². The highest BCUT2D eigenvalue weighted by molar-refractivity contribution is 6.15. The highest BCUT2D eigenvalue weighted by Crippen LogP contribution is 2.42. The van der Waals surface area contributed by atoms with Gasteiger partial charge in [-0.1, -0.05) is 18.2 Å². The van der Waals surface area contributed by atoms with Gasteiger partial charge >= 0.3 is 6.18 Å². The first-order valence-electron chi connectivity index (χ1n) is 10.3. The minimum Gasteiger partial charge on any atom is -0.366 e. The third kappa shape index (κ3) is 4.11. The van der Waals surface area contributed by atoms with Crippen molar-refractivity contribution in [3.8, 4) is 17.2 Å². The molecule has 2 aromatic carbocycles. The molecular weight excluding hydrogens is 480 g/mol. The van der Waals surface area contributed by atoms with Crippen LogP contribution in [0.15, 0.2) is 42.5 Å². The van der Waals surface area contributed by atoms with Crippen LogP contribution >= 0.6 is 0 Å². The van der Waals surface area contributed by atoms with Crippen LogP contribution in [0.1, 0.15) is 43.4 Å². The van der Waals surface area contributed by atoms with E-state index in [1.165, 1.54) is 31.2 Å². The molecule has 182 valence electrons. The minimum absolute atomic E-state index is 0.103. The largest absolute Gasteiger partial charge is 0.435 e. The molecule has 0 saturated carbocycles. The van der Waals surface area contributed by atoms with Crippen LogP contribution in [0.25, 0.3) is 22.0 Å². The van der Waals surface area contributed by atoms with E-state index in [2.05, 4.69) is 10.1 Å². The molecule has 0 saturated heterocycles. The Bertz CT molecular complexity index is 1580. The Balaban J connectivity index is 2.09. The number of nitrogens with zero attached hydrogens (tertiary/aromatic N) is 4. The number of aromatic nitrogens is 3. The molecule has 0 atom stereocenters. The van der Waals surface area contributed by atoms with Crippen molar-refractivity contribution in [1.82, 2.24) is 14.8 Å². The van der Waals surface area contributed by atoms with Crippen LogP contribution < -0.4 is 11.5 Å². The Morgan fingerprint density at radius 1 is 1.06 bits per heavy atom. The molecule has 4 rings (SSSR count). The summed E-state index contributed by atoms with van der Waals surface area (Å²) in [6.45, 7) is 1.15. The molecule has 0 aliphatic carbocycles. The smallest absolute Gasteiger partial charge is 0.366 e. The molecule has 12 heteroatoms. The summed E-state index contributed by atoms with van der Waals surface area (Å²) in [4.78, 5) is 28.8. The number of halogens is 4. The zero-order valence-corrected chi connectivity index (χ0v) is 18.5. The van der Waals surface area contributed by atoms with Gasteiger partial charge in [0.25, 0.3) is 5.91 Å². The standard InChI is InChI=1S/C24H16F4N6O2/c1-11-16(21(24(26,27)28)33-34(11)10-13-7-5-12(9-29)6-8-13)18-19(22(30)35)17-14(25)3-2-4-15(17)32-20(18)23(31)36/h2-8H,10H2,1H3,(H2,30,35)(H2,31,36). The Morgan fingerprint density at radius 3 is 2.28 bits per heavy atom. The maximum Gasteiger partial charge on any atom is 0.435 e. The van der Waals surface area contributed by atoms with Crippen LogP contribution in [0.4, 0.5) is 17.6 Å². The zero-order valence-electron chi connectivity index (χ0n) is 18.5. The first-order chi connectivity index (χ1) is 16.9. The predicted molar refractivity (Wildman–Crippen MR) is 120 cm³/mol. The van der Waals surface area contributed by atoms with E-state index in [-0.39, 0.29) is 17.8 Å². The van der Waals surface area contributed by atoms with Gasteiger partial charge in [-0.05, 0) is 36.8 Å². The molecule has 2 heterocycles. The van der Waals surface area contributed by atoms with E-state index in [0.29, 0.717) is 11.1 Å². The number of carbonyl (C=O) groups excluding carboxylic acids is 2. The van der Waals surface area contributed by atoms with Crippen molar-refractivity contribution in [2.45, 2.75) is 19.6 Å². The summed E-state index contributed by atoms with van der Waals surface area (Å²) in [6, 6.07) is 11.5. The fourth-order valence-electron chi connectivity index (χ4n) is 4.00. The van der Waals surface area contributed by atoms with Crippen molar-refractivity contribution in [3.05, 3.63) is 82.1 Å². The van der Waals surface area contributed by atoms with Gasteiger partial charge < -0.3 is 11.5 Å². The summed E-state index contributed by atoms with van der Waals surface area (Å²) in [5, 5.41) is 12.2. The lowest BCUT2D eigenvalue weighted by atomic mass is 9.91. The van der Waals surface area contributed by atoms with E-state index in [1.54, 1.807) is 12.1 Å². The Labute approximate surface area is 200 Å². The Hall–Kier alpha value is -4.79. The normalized spacial score (nSPS) is 11.4. The number of hydrogen-bond acceptors (Lipinski definition) is 5. The van der Waals surface area contributed by atoms with Crippen LogP contribution in [0, 0.1) is 24.1 Å². The van der Waals surface area contributed by atoms with E-state index in [4.69, 9.17) is 16.7 Å². The van der Waals surface area contributed by atoms with Gasteiger partial charge in [0.05, 0.1) is 29.3 Å². The number of carbonyl (C=O) groups is 2.